The number of pyridine rings is 1. The quantitative estimate of drug-likeness (QED) is 0.251. The van der Waals surface area contributed by atoms with Crippen molar-refractivity contribution >= 4 is 11.0 Å². The second kappa shape index (κ2) is 14.3. The minimum absolute atomic E-state index is 0. The van der Waals surface area contributed by atoms with E-state index in [1.165, 1.54) is 61.6 Å². The monoisotopic (exact) mass is 501 g/mol. The number of aryl methyl sites for hydroxylation is 4. The summed E-state index contributed by atoms with van der Waals surface area (Å²) in [6.45, 7) is 6.31. The number of nitrogens with zero attached hydrogens (tertiary/aromatic N) is 3. The molecule has 0 saturated carbocycles. The normalized spacial score (nSPS) is 11.0. The summed E-state index contributed by atoms with van der Waals surface area (Å²) in [5.74, 6) is 1.10. The molecule has 2 heterocycles. The predicted molar refractivity (Wildman–Crippen MR) is 129 cm³/mol. The van der Waals surface area contributed by atoms with Crippen LogP contribution in [0.1, 0.15) is 76.3 Å². The number of imidazole rings is 1. The van der Waals surface area contributed by atoms with E-state index < -0.39 is 0 Å². The molecule has 0 aliphatic heterocycles. The molecule has 4 nitrogen and oxygen atoms in total. The summed E-state index contributed by atoms with van der Waals surface area (Å²) in [5.41, 5.74) is 5.09. The Bertz CT molecular complexity index is 938. The number of halogens is 1. The highest BCUT2D eigenvalue weighted by molar-refractivity contribution is 5.72. The Morgan fingerprint density at radius 3 is 2.50 bits per heavy atom. The van der Waals surface area contributed by atoms with Crippen LogP contribution in [0, 0.1) is 0 Å². The van der Waals surface area contributed by atoms with E-state index in [9.17, 15) is 0 Å². The minimum atomic E-state index is 0. The van der Waals surface area contributed by atoms with Crippen molar-refractivity contribution in [2.24, 2.45) is 7.05 Å². The van der Waals surface area contributed by atoms with E-state index in [-0.39, 0.29) is 17.0 Å². The number of ether oxygens (including phenoxy) is 1. The van der Waals surface area contributed by atoms with Gasteiger partial charge in [-0.05, 0) is 49.3 Å². The first-order chi connectivity index (χ1) is 15.2. The van der Waals surface area contributed by atoms with Crippen LogP contribution in [0.3, 0.4) is 0 Å². The van der Waals surface area contributed by atoms with Crippen LogP contribution in [0.25, 0.3) is 11.0 Å². The third kappa shape index (κ3) is 7.91. The van der Waals surface area contributed by atoms with Gasteiger partial charge in [-0.3, -0.25) is 0 Å². The van der Waals surface area contributed by atoms with Crippen molar-refractivity contribution in [2.75, 3.05) is 6.61 Å². The number of fused-ring (bicyclic) bond motifs is 1. The Kier molecular flexibility index (Phi) is 11.8. The molecule has 0 aliphatic carbocycles. The summed E-state index contributed by atoms with van der Waals surface area (Å²) in [6, 6.07) is 9.03. The molecular weight excluding hydrogens is 462 g/mol. The molecule has 3 rings (SSSR count). The second-order valence-corrected chi connectivity index (χ2v) is 8.72. The van der Waals surface area contributed by atoms with Crippen LogP contribution < -0.4 is 26.3 Å². The fourth-order valence-electron chi connectivity index (χ4n) is 4.11. The molecule has 0 N–H and O–H groups in total. The highest BCUT2D eigenvalue weighted by atomic mass is 79.9. The molecule has 0 atom stereocenters. The maximum absolute atomic E-state index is 6.24. The van der Waals surface area contributed by atoms with Gasteiger partial charge in [-0.2, -0.15) is 0 Å². The van der Waals surface area contributed by atoms with Crippen LogP contribution in [0.4, 0.5) is 0 Å². The summed E-state index contributed by atoms with van der Waals surface area (Å²) in [5, 5.41) is 0. The predicted octanol–water partition coefficient (Wildman–Crippen LogP) is 3.19. The van der Waals surface area contributed by atoms with Crippen molar-refractivity contribution in [2.45, 2.75) is 84.6 Å². The van der Waals surface area contributed by atoms with Gasteiger partial charge < -0.3 is 26.3 Å². The van der Waals surface area contributed by atoms with Gasteiger partial charge in [-0.15, -0.1) is 0 Å². The summed E-state index contributed by atoms with van der Waals surface area (Å²) in [4.78, 5) is 4.45. The molecule has 0 saturated heterocycles. The number of hydrogen-bond donors (Lipinski definition) is 0. The van der Waals surface area contributed by atoms with Gasteiger partial charge in [-0.1, -0.05) is 51.7 Å². The van der Waals surface area contributed by atoms with Gasteiger partial charge in [-0.25, -0.2) is 9.55 Å². The van der Waals surface area contributed by atoms with Crippen LogP contribution in [0.2, 0.25) is 0 Å². The van der Waals surface area contributed by atoms with Gasteiger partial charge in [0.25, 0.3) is 0 Å². The Hall–Kier alpha value is -1.88. The first-order valence-electron chi connectivity index (χ1n) is 12.3. The van der Waals surface area contributed by atoms with Crippen LogP contribution in [0.15, 0.2) is 43.0 Å². The first kappa shape index (κ1) is 26.4. The molecule has 0 amide bonds. The average molecular weight is 503 g/mol. The minimum Gasteiger partial charge on any atom is -1.00 e. The van der Waals surface area contributed by atoms with Gasteiger partial charge in [0.15, 0.2) is 17.9 Å². The smallest absolute Gasteiger partial charge is 0.196 e. The van der Waals surface area contributed by atoms with Crippen molar-refractivity contribution in [3.8, 4) is 5.75 Å². The maximum Gasteiger partial charge on any atom is 0.196 e. The molecule has 0 fully saturated rings. The molecule has 0 bridgehead atoms. The van der Waals surface area contributed by atoms with Crippen LogP contribution in [-0.2, 0) is 26.4 Å². The Morgan fingerprint density at radius 1 is 0.938 bits per heavy atom. The molecule has 0 spiro atoms. The molecule has 176 valence electrons. The Labute approximate surface area is 204 Å². The topological polar surface area (TPSA) is 30.9 Å². The highest BCUT2D eigenvalue weighted by Crippen LogP contribution is 2.24. The van der Waals surface area contributed by atoms with Crippen LogP contribution >= 0.6 is 0 Å². The van der Waals surface area contributed by atoms with Crippen molar-refractivity contribution in [1.82, 2.24) is 9.55 Å². The number of rotatable bonds is 14. The molecule has 0 aliphatic rings. The number of aromatic nitrogens is 3. The first-order valence-corrected chi connectivity index (χ1v) is 12.3. The van der Waals surface area contributed by atoms with Crippen molar-refractivity contribution in [3.63, 3.8) is 0 Å². The third-order valence-electron chi connectivity index (χ3n) is 6.04. The second-order valence-electron chi connectivity index (χ2n) is 8.72. The summed E-state index contributed by atoms with van der Waals surface area (Å²) < 4.78 is 10.5. The fourth-order valence-corrected chi connectivity index (χ4v) is 4.11. The molecular formula is C27H40BrN3O. The van der Waals surface area contributed by atoms with E-state index >= 15 is 0 Å². The van der Waals surface area contributed by atoms with Crippen LogP contribution in [-0.4, -0.2) is 16.2 Å². The number of benzene rings is 1. The Balaban J connectivity index is 0.00000363. The van der Waals surface area contributed by atoms with Crippen molar-refractivity contribution in [1.29, 1.82) is 0 Å². The standard InChI is InChI=1S/C27H40N3O.BrH/c1-4-6-8-12-23-14-15-27(24(20-23)13-9-7-5-2)31-19-11-10-17-30-18-16-26-25(21-30)28-22-29(26)3;/h14-16,18,20-22H,4-13,17,19H2,1-3H3;1H/q+1;/p-1. The lowest BCUT2D eigenvalue weighted by Gasteiger charge is -2.13. The summed E-state index contributed by atoms with van der Waals surface area (Å²) in [6.07, 6.45) is 18.3. The average Bonchev–Trinajstić information content (AvgIpc) is 3.15. The lowest BCUT2D eigenvalue weighted by molar-refractivity contribution is -0.696. The molecule has 5 heteroatoms. The maximum atomic E-state index is 6.24. The van der Waals surface area contributed by atoms with Crippen molar-refractivity contribution in [3.05, 3.63) is 54.1 Å². The molecule has 32 heavy (non-hydrogen) atoms. The van der Waals surface area contributed by atoms with Crippen molar-refractivity contribution < 1.29 is 26.3 Å². The van der Waals surface area contributed by atoms with E-state index in [4.69, 9.17) is 4.74 Å². The lowest BCUT2D eigenvalue weighted by atomic mass is 10.00. The zero-order valence-electron chi connectivity index (χ0n) is 20.2. The SMILES string of the molecule is CCCCCc1ccc(OCCCC[n+]2ccc3c(c2)ncn3C)c(CCCCC)c1.[Br-]. The van der Waals surface area contributed by atoms with Gasteiger partial charge in [0, 0.05) is 19.5 Å². The number of hydrogen-bond acceptors (Lipinski definition) is 2. The Morgan fingerprint density at radius 2 is 1.72 bits per heavy atom. The third-order valence-corrected chi connectivity index (χ3v) is 6.04. The fraction of sp³-hybridized carbons (Fsp3) is 0.556. The summed E-state index contributed by atoms with van der Waals surface area (Å²) >= 11 is 0. The van der Waals surface area contributed by atoms with Gasteiger partial charge in [0.2, 0.25) is 0 Å². The van der Waals surface area contributed by atoms with E-state index in [1.54, 1.807) is 0 Å². The number of unbranched alkanes of at least 4 members (excludes halogenated alkanes) is 5. The lowest BCUT2D eigenvalue weighted by Crippen LogP contribution is -3.00. The summed E-state index contributed by atoms with van der Waals surface area (Å²) in [7, 11) is 2.03. The van der Waals surface area contributed by atoms with E-state index in [1.807, 2.05) is 13.4 Å². The van der Waals surface area contributed by atoms with E-state index in [0.29, 0.717) is 0 Å². The van der Waals surface area contributed by atoms with E-state index in [2.05, 4.69) is 64.6 Å². The van der Waals surface area contributed by atoms with Crippen LogP contribution in [0.5, 0.6) is 5.75 Å². The molecule has 2 aromatic heterocycles. The molecule has 0 unspecified atom stereocenters. The zero-order valence-corrected chi connectivity index (χ0v) is 21.7. The zero-order chi connectivity index (χ0) is 21.9. The van der Waals surface area contributed by atoms with E-state index in [0.717, 1.165) is 43.7 Å². The van der Waals surface area contributed by atoms with Gasteiger partial charge >= 0.3 is 0 Å². The molecule has 3 aromatic rings. The largest absolute Gasteiger partial charge is 1.00 e. The van der Waals surface area contributed by atoms with Gasteiger partial charge in [0.1, 0.15) is 12.3 Å². The highest BCUT2D eigenvalue weighted by Gasteiger charge is 2.08. The molecule has 1 aromatic carbocycles. The van der Waals surface area contributed by atoms with Gasteiger partial charge in [0.05, 0.1) is 18.5 Å². The molecule has 0 radical (unpaired) electrons.